The number of hydrogen-bond donors (Lipinski definition) is 1. The van der Waals surface area contributed by atoms with Crippen molar-refractivity contribution in [3.05, 3.63) is 71.5 Å². The molecule has 8 nitrogen and oxygen atoms in total. The minimum absolute atomic E-state index is 0.0980. The molecule has 0 aliphatic carbocycles. The summed E-state index contributed by atoms with van der Waals surface area (Å²) in [5.74, 6) is 0.974. The van der Waals surface area contributed by atoms with Crippen molar-refractivity contribution in [3.8, 4) is 11.4 Å². The number of nitrogens with one attached hydrogen (secondary N) is 1. The number of amides is 1. The molecular formula is C26H32N4O4S. The van der Waals surface area contributed by atoms with Crippen molar-refractivity contribution in [1.29, 1.82) is 0 Å². The number of carbonyl (C=O) groups is 1. The highest BCUT2D eigenvalue weighted by molar-refractivity contribution is 7.91. The van der Waals surface area contributed by atoms with Gasteiger partial charge in [-0.15, -0.1) is 0 Å². The largest absolute Gasteiger partial charge is 0.497 e. The van der Waals surface area contributed by atoms with Gasteiger partial charge in [0.15, 0.2) is 9.84 Å². The summed E-state index contributed by atoms with van der Waals surface area (Å²) in [6.45, 7) is 4.84. The molecule has 1 aliphatic rings. The lowest BCUT2D eigenvalue weighted by Crippen LogP contribution is -2.37. The second kappa shape index (κ2) is 10.6. The molecule has 1 N–H and O–H groups in total. The van der Waals surface area contributed by atoms with E-state index in [1.165, 1.54) is 0 Å². The van der Waals surface area contributed by atoms with Crippen molar-refractivity contribution >= 4 is 21.4 Å². The number of ether oxygens (including phenoxy) is 1. The SMILES string of the molecule is COc1ccc(CN(CCC(=O)Nc2c(C)nn(-c3ccccc3)c2C)C2CCS(=O)(=O)C2)cc1. The Hall–Kier alpha value is -3.17. The van der Waals surface area contributed by atoms with Gasteiger partial charge in [-0.1, -0.05) is 30.3 Å². The number of hydrogen-bond acceptors (Lipinski definition) is 6. The number of anilines is 1. The molecule has 1 aromatic heterocycles. The molecule has 2 aromatic carbocycles. The number of aromatic nitrogens is 2. The van der Waals surface area contributed by atoms with Gasteiger partial charge in [0.25, 0.3) is 0 Å². The standard InChI is InChI=1S/C26H32N4O4S/c1-19-26(20(2)30(28-19)22-7-5-4-6-8-22)27-25(31)13-15-29(23-14-16-35(32,33)18-23)17-21-9-11-24(34-3)12-10-21/h4-12,23H,13-18H2,1-3H3,(H,27,31). The van der Waals surface area contributed by atoms with Crippen LogP contribution in [0.3, 0.4) is 0 Å². The maximum atomic E-state index is 12.9. The Morgan fingerprint density at radius 3 is 2.49 bits per heavy atom. The van der Waals surface area contributed by atoms with Crippen LogP contribution in [0.5, 0.6) is 5.75 Å². The zero-order chi connectivity index (χ0) is 25.0. The Labute approximate surface area is 206 Å². The molecule has 35 heavy (non-hydrogen) atoms. The number of rotatable bonds is 9. The second-order valence-corrected chi connectivity index (χ2v) is 11.2. The predicted octanol–water partition coefficient (Wildman–Crippen LogP) is 3.52. The Morgan fingerprint density at radius 2 is 1.86 bits per heavy atom. The Kier molecular flexibility index (Phi) is 7.57. The van der Waals surface area contributed by atoms with Crippen LogP contribution >= 0.6 is 0 Å². The number of methoxy groups -OCH3 is 1. The molecule has 0 saturated carbocycles. The minimum atomic E-state index is -3.04. The van der Waals surface area contributed by atoms with Gasteiger partial charge in [-0.3, -0.25) is 9.69 Å². The first kappa shape index (κ1) is 24.9. The van der Waals surface area contributed by atoms with E-state index in [1.54, 1.807) is 7.11 Å². The smallest absolute Gasteiger partial charge is 0.225 e. The summed E-state index contributed by atoms with van der Waals surface area (Å²) < 4.78 is 31.3. The first-order valence-corrected chi connectivity index (χ1v) is 13.6. The third-order valence-electron chi connectivity index (χ3n) is 6.45. The third-order valence-corrected chi connectivity index (χ3v) is 8.20. The summed E-state index contributed by atoms with van der Waals surface area (Å²) >= 11 is 0. The number of nitrogens with zero attached hydrogens (tertiary/aromatic N) is 3. The van der Waals surface area contributed by atoms with Crippen molar-refractivity contribution in [1.82, 2.24) is 14.7 Å². The van der Waals surface area contributed by atoms with Gasteiger partial charge in [-0.2, -0.15) is 5.10 Å². The zero-order valence-corrected chi connectivity index (χ0v) is 21.2. The third kappa shape index (κ3) is 6.10. The summed E-state index contributed by atoms with van der Waals surface area (Å²) in [6, 6.07) is 17.4. The summed E-state index contributed by atoms with van der Waals surface area (Å²) in [6.07, 6.45) is 0.838. The Balaban J connectivity index is 1.44. The van der Waals surface area contributed by atoms with Crippen molar-refractivity contribution in [2.45, 2.75) is 39.3 Å². The lowest BCUT2D eigenvalue weighted by atomic mass is 10.1. The maximum Gasteiger partial charge on any atom is 0.225 e. The lowest BCUT2D eigenvalue weighted by Gasteiger charge is -2.28. The fourth-order valence-corrected chi connectivity index (χ4v) is 6.27. The van der Waals surface area contributed by atoms with Crippen LogP contribution in [-0.2, 0) is 21.2 Å². The highest BCUT2D eigenvalue weighted by Crippen LogP contribution is 2.24. The average Bonchev–Trinajstić information content (AvgIpc) is 3.36. The van der Waals surface area contributed by atoms with Gasteiger partial charge < -0.3 is 10.1 Å². The van der Waals surface area contributed by atoms with E-state index in [0.29, 0.717) is 25.2 Å². The number of aryl methyl sites for hydroxylation is 1. The number of benzene rings is 2. The molecule has 0 bridgehead atoms. The van der Waals surface area contributed by atoms with Crippen molar-refractivity contribution in [2.24, 2.45) is 0 Å². The van der Waals surface area contributed by atoms with Crippen LogP contribution < -0.4 is 10.1 Å². The molecule has 186 valence electrons. The fourth-order valence-electron chi connectivity index (χ4n) is 4.51. The van der Waals surface area contributed by atoms with E-state index < -0.39 is 9.84 Å². The molecule has 0 radical (unpaired) electrons. The van der Waals surface area contributed by atoms with Gasteiger partial charge >= 0.3 is 0 Å². The van der Waals surface area contributed by atoms with Crippen LogP contribution in [0.4, 0.5) is 5.69 Å². The quantitative estimate of drug-likeness (QED) is 0.487. The summed E-state index contributed by atoms with van der Waals surface area (Å²) in [5, 5.41) is 7.62. The van der Waals surface area contributed by atoms with Crippen molar-refractivity contribution in [3.63, 3.8) is 0 Å². The Morgan fingerprint density at radius 1 is 1.14 bits per heavy atom. The summed E-state index contributed by atoms with van der Waals surface area (Å²) in [5.41, 5.74) is 4.30. The van der Waals surface area contributed by atoms with Crippen LogP contribution in [0.15, 0.2) is 54.6 Å². The van der Waals surface area contributed by atoms with Gasteiger partial charge in [0.1, 0.15) is 5.75 Å². The molecule has 4 rings (SSSR count). The highest BCUT2D eigenvalue weighted by atomic mass is 32.2. The molecule has 9 heteroatoms. The van der Waals surface area contributed by atoms with E-state index in [9.17, 15) is 13.2 Å². The normalized spacial score (nSPS) is 17.0. The molecule has 1 fully saturated rings. The molecule has 1 aliphatic heterocycles. The van der Waals surface area contributed by atoms with Gasteiger partial charge in [-0.05, 0) is 50.1 Å². The van der Waals surface area contributed by atoms with Crippen LogP contribution in [0, 0.1) is 13.8 Å². The van der Waals surface area contributed by atoms with Crippen LogP contribution in [-0.4, -0.2) is 60.2 Å². The Bertz CT molecular complexity index is 1270. The topological polar surface area (TPSA) is 93.5 Å². The van der Waals surface area contributed by atoms with E-state index in [1.807, 2.05) is 73.1 Å². The molecule has 0 spiro atoms. The minimum Gasteiger partial charge on any atom is -0.497 e. The van der Waals surface area contributed by atoms with Crippen LogP contribution in [0.1, 0.15) is 29.8 Å². The number of para-hydroxylation sites is 1. The molecule has 1 saturated heterocycles. The van der Waals surface area contributed by atoms with Gasteiger partial charge in [0, 0.05) is 25.6 Å². The lowest BCUT2D eigenvalue weighted by molar-refractivity contribution is -0.116. The first-order valence-electron chi connectivity index (χ1n) is 11.7. The molecule has 1 atom stereocenters. The number of carbonyl (C=O) groups excluding carboxylic acids is 1. The maximum absolute atomic E-state index is 12.9. The molecule has 2 heterocycles. The van der Waals surface area contributed by atoms with E-state index in [2.05, 4.69) is 15.3 Å². The predicted molar refractivity (Wildman–Crippen MR) is 137 cm³/mol. The average molecular weight is 497 g/mol. The molecule has 1 amide bonds. The number of sulfone groups is 1. The highest BCUT2D eigenvalue weighted by Gasteiger charge is 2.32. The first-order chi connectivity index (χ1) is 16.8. The second-order valence-electron chi connectivity index (χ2n) is 8.97. The van der Waals surface area contributed by atoms with Gasteiger partial charge in [0.05, 0.1) is 41.4 Å². The molecule has 1 unspecified atom stereocenters. The zero-order valence-electron chi connectivity index (χ0n) is 20.4. The molecule has 3 aromatic rings. The van der Waals surface area contributed by atoms with Gasteiger partial charge in [-0.25, -0.2) is 13.1 Å². The fraction of sp³-hybridized carbons (Fsp3) is 0.385. The van der Waals surface area contributed by atoms with Gasteiger partial charge in [0.2, 0.25) is 5.91 Å². The van der Waals surface area contributed by atoms with Crippen molar-refractivity contribution in [2.75, 3.05) is 30.5 Å². The van der Waals surface area contributed by atoms with E-state index in [-0.39, 0.29) is 29.9 Å². The monoisotopic (exact) mass is 496 g/mol. The van der Waals surface area contributed by atoms with E-state index in [0.717, 1.165) is 28.4 Å². The van der Waals surface area contributed by atoms with E-state index >= 15 is 0 Å². The molecular weight excluding hydrogens is 464 g/mol. The van der Waals surface area contributed by atoms with Crippen molar-refractivity contribution < 1.29 is 17.9 Å². The summed E-state index contributed by atoms with van der Waals surface area (Å²) in [7, 11) is -1.42. The van der Waals surface area contributed by atoms with E-state index in [4.69, 9.17) is 4.74 Å². The summed E-state index contributed by atoms with van der Waals surface area (Å²) in [4.78, 5) is 15.0. The van der Waals surface area contributed by atoms with Crippen LogP contribution in [0.2, 0.25) is 0 Å². The van der Waals surface area contributed by atoms with Crippen LogP contribution in [0.25, 0.3) is 5.69 Å².